The van der Waals surface area contributed by atoms with Gasteiger partial charge in [-0.25, -0.2) is 9.78 Å². The Balaban J connectivity index is 2.18. The Hall–Kier alpha value is -1.62. The second-order valence-corrected chi connectivity index (χ2v) is 5.17. The van der Waals surface area contributed by atoms with Gasteiger partial charge < -0.3 is 15.4 Å². The third kappa shape index (κ3) is 2.87. The van der Waals surface area contributed by atoms with E-state index in [1.54, 1.807) is 6.07 Å². The van der Waals surface area contributed by atoms with E-state index in [1.807, 2.05) is 13.0 Å². The number of rotatable bonds is 2. The van der Waals surface area contributed by atoms with Crippen LogP contribution in [0, 0.1) is 12.8 Å². The normalized spacial score (nSPS) is 23.3. The number of methoxy groups -OCH3 is 1. The summed E-state index contributed by atoms with van der Waals surface area (Å²) < 4.78 is 4.72. The van der Waals surface area contributed by atoms with E-state index in [1.165, 1.54) is 7.11 Å². The van der Waals surface area contributed by atoms with E-state index in [0.717, 1.165) is 25.3 Å². The number of hydrogen-bond donors (Lipinski definition) is 1. The lowest BCUT2D eigenvalue weighted by Crippen LogP contribution is -2.46. The molecule has 104 valence electrons. The highest BCUT2D eigenvalue weighted by atomic mass is 16.5. The van der Waals surface area contributed by atoms with Crippen molar-refractivity contribution in [2.45, 2.75) is 26.3 Å². The van der Waals surface area contributed by atoms with Crippen molar-refractivity contribution in [2.75, 3.05) is 25.1 Å². The van der Waals surface area contributed by atoms with Gasteiger partial charge in [-0.3, -0.25) is 0 Å². The van der Waals surface area contributed by atoms with E-state index in [-0.39, 0.29) is 12.0 Å². The van der Waals surface area contributed by atoms with Gasteiger partial charge in [-0.15, -0.1) is 0 Å². The number of esters is 1. The van der Waals surface area contributed by atoms with Crippen molar-refractivity contribution in [2.24, 2.45) is 11.7 Å². The van der Waals surface area contributed by atoms with E-state index >= 15 is 0 Å². The van der Waals surface area contributed by atoms with E-state index in [0.29, 0.717) is 17.2 Å². The standard InChI is InChI=1S/C14H21N3O2/c1-9-8-17(7-6-12(9)15)13-5-4-11(10(2)16-13)14(18)19-3/h4-5,9,12H,6-8,15H2,1-3H3. The van der Waals surface area contributed by atoms with Crippen LogP contribution in [0.15, 0.2) is 12.1 Å². The van der Waals surface area contributed by atoms with Crippen LogP contribution in [0.5, 0.6) is 0 Å². The molecule has 2 N–H and O–H groups in total. The monoisotopic (exact) mass is 263 g/mol. The Labute approximate surface area is 113 Å². The lowest BCUT2D eigenvalue weighted by atomic mass is 9.95. The maximum atomic E-state index is 11.5. The van der Waals surface area contributed by atoms with Crippen molar-refractivity contribution in [3.63, 3.8) is 0 Å². The molecular formula is C14H21N3O2. The van der Waals surface area contributed by atoms with Gasteiger partial charge in [-0.2, -0.15) is 0 Å². The number of carbonyl (C=O) groups is 1. The molecule has 0 aliphatic carbocycles. The molecule has 0 amide bonds. The van der Waals surface area contributed by atoms with Crippen molar-refractivity contribution in [1.29, 1.82) is 0 Å². The minimum atomic E-state index is -0.342. The average molecular weight is 263 g/mol. The van der Waals surface area contributed by atoms with Crippen LogP contribution in [0.25, 0.3) is 0 Å². The van der Waals surface area contributed by atoms with Crippen molar-refractivity contribution in [3.8, 4) is 0 Å². The number of piperidine rings is 1. The first kappa shape index (κ1) is 13.8. The fraction of sp³-hybridized carbons (Fsp3) is 0.571. The zero-order valence-electron chi connectivity index (χ0n) is 11.7. The Bertz CT molecular complexity index is 476. The summed E-state index contributed by atoms with van der Waals surface area (Å²) in [5.41, 5.74) is 7.24. The molecular weight excluding hydrogens is 242 g/mol. The molecule has 0 aromatic carbocycles. The van der Waals surface area contributed by atoms with Gasteiger partial charge in [0.1, 0.15) is 5.82 Å². The van der Waals surface area contributed by atoms with Gasteiger partial charge >= 0.3 is 5.97 Å². The number of ether oxygens (including phenoxy) is 1. The number of hydrogen-bond acceptors (Lipinski definition) is 5. The zero-order chi connectivity index (χ0) is 14.0. The minimum Gasteiger partial charge on any atom is -0.465 e. The largest absolute Gasteiger partial charge is 0.465 e. The fourth-order valence-corrected chi connectivity index (χ4v) is 2.42. The van der Waals surface area contributed by atoms with Crippen molar-refractivity contribution < 1.29 is 9.53 Å². The molecule has 1 aliphatic heterocycles. The third-order valence-corrected chi connectivity index (χ3v) is 3.77. The highest BCUT2D eigenvalue weighted by Crippen LogP contribution is 2.22. The van der Waals surface area contributed by atoms with Crippen molar-refractivity contribution in [3.05, 3.63) is 23.4 Å². The van der Waals surface area contributed by atoms with Crippen LogP contribution in [0.3, 0.4) is 0 Å². The second-order valence-electron chi connectivity index (χ2n) is 5.17. The van der Waals surface area contributed by atoms with Gasteiger partial charge in [0, 0.05) is 19.1 Å². The van der Waals surface area contributed by atoms with Gasteiger partial charge in [0.2, 0.25) is 0 Å². The van der Waals surface area contributed by atoms with Crippen LogP contribution < -0.4 is 10.6 Å². The highest BCUT2D eigenvalue weighted by molar-refractivity contribution is 5.90. The van der Waals surface area contributed by atoms with Gasteiger partial charge in [0.15, 0.2) is 0 Å². The molecule has 2 heterocycles. The number of nitrogens with two attached hydrogens (primary N) is 1. The molecule has 0 spiro atoms. The Morgan fingerprint density at radius 2 is 2.26 bits per heavy atom. The van der Waals surface area contributed by atoms with Crippen LogP contribution >= 0.6 is 0 Å². The number of aryl methyl sites for hydroxylation is 1. The van der Waals surface area contributed by atoms with Crippen LogP contribution in [0.4, 0.5) is 5.82 Å². The van der Waals surface area contributed by atoms with Gasteiger partial charge in [-0.05, 0) is 31.4 Å². The molecule has 0 radical (unpaired) electrons. The molecule has 2 atom stereocenters. The first-order valence-corrected chi connectivity index (χ1v) is 6.59. The highest BCUT2D eigenvalue weighted by Gasteiger charge is 2.24. The lowest BCUT2D eigenvalue weighted by molar-refractivity contribution is 0.0599. The van der Waals surface area contributed by atoms with Gasteiger partial charge in [0.25, 0.3) is 0 Å². The van der Waals surface area contributed by atoms with Gasteiger partial charge in [0.05, 0.1) is 18.4 Å². The molecule has 1 fully saturated rings. The molecule has 1 aromatic rings. The van der Waals surface area contributed by atoms with Crippen LogP contribution in [-0.4, -0.2) is 37.2 Å². The Kier molecular flexibility index (Phi) is 4.04. The quantitative estimate of drug-likeness (QED) is 0.816. The maximum Gasteiger partial charge on any atom is 0.339 e. The topological polar surface area (TPSA) is 68.5 Å². The van der Waals surface area contributed by atoms with Crippen LogP contribution in [0.1, 0.15) is 29.4 Å². The van der Waals surface area contributed by atoms with Crippen LogP contribution in [-0.2, 0) is 4.74 Å². The summed E-state index contributed by atoms with van der Waals surface area (Å²) in [6.07, 6.45) is 0.973. The summed E-state index contributed by atoms with van der Waals surface area (Å²) in [6.45, 7) is 5.81. The lowest BCUT2D eigenvalue weighted by Gasteiger charge is -2.36. The summed E-state index contributed by atoms with van der Waals surface area (Å²) in [5.74, 6) is 1.02. The fourth-order valence-electron chi connectivity index (χ4n) is 2.42. The van der Waals surface area contributed by atoms with E-state index < -0.39 is 0 Å². The molecule has 19 heavy (non-hydrogen) atoms. The Morgan fingerprint density at radius 1 is 1.53 bits per heavy atom. The maximum absolute atomic E-state index is 11.5. The minimum absolute atomic E-state index is 0.270. The molecule has 0 bridgehead atoms. The van der Waals surface area contributed by atoms with Crippen molar-refractivity contribution >= 4 is 11.8 Å². The van der Waals surface area contributed by atoms with E-state index in [9.17, 15) is 4.79 Å². The Morgan fingerprint density at radius 3 is 2.84 bits per heavy atom. The van der Waals surface area contributed by atoms with Crippen LogP contribution in [0.2, 0.25) is 0 Å². The second kappa shape index (κ2) is 5.57. The number of anilines is 1. The number of carbonyl (C=O) groups excluding carboxylic acids is 1. The van der Waals surface area contributed by atoms with E-state index in [4.69, 9.17) is 10.5 Å². The SMILES string of the molecule is COC(=O)c1ccc(N2CCC(N)C(C)C2)nc1C. The summed E-state index contributed by atoms with van der Waals surface area (Å²) in [5, 5.41) is 0. The summed E-state index contributed by atoms with van der Waals surface area (Å²) in [6, 6.07) is 3.93. The third-order valence-electron chi connectivity index (χ3n) is 3.77. The molecule has 1 aliphatic rings. The first-order valence-electron chi connectivity index (χ1n) is 6.59. The summed E-state index contributed by atoms with van der Waals surface area (Å²) >= 11 is 0. The molecule has 1 saturated heterocycles. The molecule has 5 nitrogen and oxygen atoms in total. The first-order chi connectivity index (χ1) is 9.02. The van der Waals surface area contributed by atoms with E-state index in [2.05, 4.69) is 16.8 Å². The number of pyridine rings is 1. The molecule has 1 aromatic heterocycles. The summed E-state index contributed by atoms with van der Waals surface area (Å²) in [7, 11) is 1.38. The zero-order valence-corrected chi connectivity index (χ0v) is 11.7. The number of aromatic nitrogens is 1. The van der Waals surface area contributed by atoms with Gasteiger partial charge in [-0.1, -0.05) is 6.92 Å². The summed E-state index contributed by atoms with van der Waals surface area (Å²) in [4.78, 5) is 18.3. The molecule has 2 rings (SSSR count). The smallest absolute Gasteiger partial charge is 0.339 e. The average Bonchev–Trinajstić information content (AvgIpc) is 2.41. The predicted octanol–water partition coefficient (Wildman–Crippen LogP) is 1.35. The molecule has 0 saturated carbocycles. The predicted molar refractivity (Wildman–Crippen MR) is 74.3 cm³/mol. The number of nitrogens with zero attached hydrogens (tertiary/aromatic N) is 2. The molecule has 2 unspecified atom stereocenters. The van der Waals surface area contributed by atoms with Crippen molar-refractivity contribution in [1.82, 2.24) is 4.98 Å². The molecule has 5 heteroatoms.